The molecule has 0 aliphatic heterocycles. The van der Waals surface area contributed by atoms with Gasteiger partial charge in [0.15, 0.2) is 10.1 Å². The Hall–Kier alpha value is -2.60. The van der Waals surface area contributed by atoms with Gasteiger partial charge in [0.05, 0.1) is 0 Å². The predicted octanol–water partition coefficient (Wildman–Crippen LogP) is 5.07. The fourth-order valence-corrected chi connectivity index (χ4v) is 3.13. The molecule has 12 heteroatoms. The number of hydrogen-bond donors (Lipinski definition) is 1. The van der Waals surface area contributed by atoms with Crippen molar-refractivity contribution in [1.82, 2.24) is 0 Å². The van der Waals surface area contributed by atoms with Crippen LogP contribution in [0.1, 0.15) is 22.3 Å². The number of rotatable bonds is 4. The number of hydrogen-bond acceptors (Lipinski definition) is 11. The van der Waals surface area contributed by atoms with Crippen LogP contribution in [0.15, 0.2) is 121 Å². The molecule has 1 N–H and O–H groups in total. The van der Waals surface area contributed by atoms with E-state index < -0.39 is 0 Å². The molecule has 6 nitrogen and oxygen atoms in total. The van der Waals surface area contributed by atoms with Gasteiger partial charge < -0.3 is 50.0 Å². The summed E-state index contributed by atoms with van der Waals surface area (Å²) in [6.45, 7) is 0. The molecule has 0 aromatic heterocycles. The van der Waals surface area contributed by atoms with Gasteiger partial charge in [0.25, 0.3) is 0 Å². The Morgan fingerprint density at radius 2 is 0.750 bits per heavy atom. The summed E-state index contributed by atoms with van der Waals surface area (Å²) >= 11 is 23.4. The largest absolute Gasteiger partial charge is 0.663 e. The summed E-state index contributed by atoms with van der Waals surface area (Å²) in [5, 5.41) is 27.8. The number of thiocarbonyl (C=S) groups is 4. The molecule has 40 heavy (non-hydrogen) atoms. The first kappa shape index (κ1) is 37.4. The molecule has 0 unspecified atom stereocenters. The summed E-state index contributed by atoms with van der Waals surface area (Å²) in [7, 11) is 0. The Bertz CT molecular complexity index is 1160. The molecule has 4 aromatic rings. The maximum atomic E-state index is 9.79. The Morgan fingerprint density at radius 3 is 0.950 bits per heavy atom. The minimum atomic E-state index is -0.0133. The second-order valence-electron chi connectivity index (χ2n) is 6.87. The third kappa shape index (κ3) is 15.9. The van der Waals surface area contributed by atoms with Gasteiger partial charge in [-0.2, -0.15) is 0 Å². The fraction of sp³-hybridized carbons (Fsp3) is 0. The normalized spacial score (nSPS) is 8.68. The van der Waals surface area contributed by atoms with Crippen LogP contribution < -0.4 is 10.5 Å². The summed E-state index contributed by atoms with van der Waals surface area (Å²) < 4.78 is 0.538. The standard InChI is InChI=1S/3C7H6O2S.C7H6S2.Re/c3*8-9-7(10)6-4-2-1-3-5-6;8-7(9)6-4-2-1-3-5-6;/h3*1-5,8H;1-5H,(H,8,9);/p-3. The number of benzene rings is 4. The Labute approximate surface area is 273 Å². The molecule has 0 atom stereocenters. The van der Waals surface area contributed by atoms with Crippen LogP contribution in [0.25, 0.3) is 0 Å². The van der Waals surface area contributed by atoms with Crippen LogP contribution in [0.3, 0.4) is 0 Å². The van der Waals surface area contributed by atoms with Crippen molar-refractivity contribution in [2.45, 2.75) is 0 Å². The van der Waals surface area contributed by atoms with Crippen molar-refractivity contribution in [2.24, 2.45) is 0 Å². The van der Waals surface area contributed by atoms with Crippen molar-refractivity contribution in [1.29, 1.82) is 0 Å². The predicted molar refractivity (Wildman–Crippen MR) is 166 cm³/mol. The zero-order valence-electron chi connectivity index (χ0n) is 20.5. The van der Waals surface area contributed by atoms with E-state index >= 15 is 0 Å². The maximum absolute atomic E-state index is 9.79. The molecule has 0 aliphatic carbocycles. The summed E-state index contributed by atoms with van der Waals surface area (Å²) in [6, 6.07) is 36.4. The van der Waals surface area contributed by atoms with E-state index in [2.05, 4.69) is 51.3 Å². The third-order valence-electron chi connectivity index (χ3n) is 4.27. The second-order valence-corrected chi connectivity index (χ2v) is 9.06. The van der Waals surface area contributed by atoms with Crippen LogP contribution in [-0.2, 0) is 47.7 Å². The molecule has 0 aliphatic rings. The Balaban J connectivity index is 0.000000503. The van der Waals surface area contributed by atoms with E-state index in [9.17, 15) is 10.5 Å². The van der Waals surface area contributed by atoms with Crippen molar-refractivity contribution in [3.8, 4) is 0 Å². The molecule has 0 saturated carbocycles. The molecular weight excluding hydrogens is 779 g/mol. The Morgan fingerprint density at radius 1 is 0.500 bits per heavy atom. The van der Waals surface area contributed by atoms with Crippen molar-refractivity contribution < 1.29 is 50.9 Å². The van der Waals surface area contributed by atoms with Crippen LogP contribution in [0.4, 0.5) is 0 Å². The first-order valence-electron chi connectivity index (χ1n) is 10.8. The summed E-state index contributed by atoms with van der Waals surface area (Å²) in [5.74, 6) is 0. The van der Waals surface area contributed by atoms with Gasteiger partial charge in [-0.1, -0.05) is 121 Å². The summed E-state index contributed by atoms with van der Waals surface area (Å²) in [4.78, 5) is 11.1. The zero-order chi connectivity index (χ0) is 28.9. The quantitative estimate of drug-likeness (QED) is 0.130. The Kier molecular flexibility index (Phi) is 21.6. The molecule has 0 amide bonds. The van der Waals surface area contributed by atoms with Crippen LogP contribution in [-0.4, -0.2) is 24.6 Å². The van der Waals surface area contributed by atoms with Crippen LogP contribution >= 0.6 is 48.9 Å². The van der Waals surface area contributed by atoms with E-state index in [4.69, 9.17) is 30.1 Å². The van der Waals surface area contributed by atoms with Gasteiger partial charge in [0, 0.05) is 37.1 Å². The summed E-state index contributed by atoms with van der Waals surface area (Å²) in [5.41, 5.74) is 2.96. The minimum absolute atomic E-state index is 0. The van der Waals surface area contributed by atoms with Crippen LogP contribution in [0, 0.1) is 0 Å². The van der Waals surface area contributed by atoms with Crippen molar-refractivity contribution >= 4 is 80.8 Å². The van der Waals surface area contributed by atoms with Gasteiger partial charge in [0.2, 0.25) is 5.05 Å². The van der Waals surface area contributed by atoms with Gasteiger partial charge in [-0.05, 0) is 42.2 Å². The molecule has 0 saturated heterocycles. The average Bonchev–Trinajstić information content (AvgIpc) is 3.02. The van der Waals surface area contributed by atoms with Gasteiger partial charge in [-0.15, -0.1) is 4.20 Å². The summed E-state index contributed by atoms with van der Waals surface area (Å²) in [6.07, 6.45) is 0. The molecule has 0 spiro atoms. The minimum Gasteiger partial charge on any atom is -0.663 e. The van der Waals surface area contributed by atoms with Gasteiger partial charge in [-0.25, -0.2) is 5.26 Å². The van der Waals surface area contributed by atoms with Gasteiger partial charge in [-0.3, -0.25) is 0 Å². The van der Waals surface area contributed by atoms with Crippen molar-refractivity contribution in [3.05, 3.63) is 144 Å². The van der Waals surface area contributed by atoms with E-state index in [1.54, 1.807) is 60.7 Å². The molecule has 4 aromatic carbocycles. The fourth-order valence-electron chi connectivity index (χ4n) is 2.45. The van der Waals surface area contributed by atoms with E-state index in [1.807, 2.05) is 60.7 Å². The maximum Gasteiger partial charge on any atom is 0.235 e. The van der Waals surface area contributed by atoms with Gasteiger partial charge in [0.1, 0.15) is 0 Å². The van der Waals surface area contributed by atoms with E-state index in [0.717, 1.165) is 5.56 Å². The third-order valence-corrected chi connectivity index (χ3v) is 5.66. The topological polar surface area (TPSA) is 94.0 Å². The van der Waals surface area contributed by atoms with Crippen LogP contribution in [0.2, 0.25) is 0 Å². The molecule has 0 heterocycles. The second kappa shape index (κ2) is 23.1. The molecular formula is C28H21O6ReS5-3. The van der Waals surface area contributed by atoms with Crippen molar-refractivity contribution in [3.63, 3.8) is 0 Å². The van der Waals surface area contributed by atoms with Crippen LogP contribution in [0.5, 0.6) is 0 Å². The SMILES string of the molecule is OOC(=S)c1ccccc1.S=C([S-])c1ccccc1.[O-]OC(=S)c1ccccc1.[O-]OC(=S)c1ccccc1.[Re]. The van der Waals surface area contributed by atoms with E-state index in [-0.39, 0.29) is 35.6 Å². The average molecular weight is 800 g/mol. The molecule has 1 radical (unpaired) electrons. The van der Waals surface area contributed by atoms with Crippen molar-refractivity contribution in [2.75, 3.05) is 0 Å². The first-order valence-corrected chi connectivity index (χ1v) is 12.8. The van der Waals surface area contributed by atoms with E-state index in [0.29, 0.717) is 20.9 Å². The van der Waals surface area contributed by atoms with E-state index in [1.165, 1.54) is 0 Å². The molecule has 4 rings (SSSR count). The zero-order valence-corrected chi connectivity index (χ0v) is 27.3. The monoisotopic (exact) mass is 800 g/mol. The molecule has 209 valence electrons. The smallest absolute Gasteiger partial charge is 0.235 e. The first-order chi connectivity index (χ1) is 18.8. The molecule has 0 bridgehead atoms. The molecule has 0 fully saturated rings. The van der Waals surface area contributed by atoms with Gasteiger partial charge >= 0.3 is 0 Å².